The van der Waals surface area contributed by atoms with Gasteiger partial charge in [-0.25, -0.2) is 0 Å². The van der Waals surface area contributed by atoms with Gasteiger partial charge in [0.25, 0.3) is 0 Å². The zero-order valence-corrected chi connectivity index (χ0v) is 42.3. The first-order valence-corrected chi connectivity index (χ1v) is 27.3. The Morgan fingerprint density at radius 3 is 0.984 bits per heavy atom. The normalized spacial score (nSPS) is 12.5. The molecule has 0 saturated carbocycles. The number of carbonyl (C=O) groups excluding carboxylic acids is 3. The van der Waals surface area contributed by atoms with E-state index < -0.39 is 6.10 Å². The molecule has 1 atom stereocenters. The Balaban J connectivity index is 4.38. The van der Waals surface area contributed by atoms with Crippen molar-refractivity contribution in [3.8, 4) is 0 Å². The fourth-order valence-electron chi connectivity index (χ4n) is 7.66. The topological polar surface area (TPSA) is 78.9 Å². The number of hydrogen-bond donors (Lipinski definition) is 0. The third-order valence-electron chi connectivity index (χ3n) is 11.8. The molecule has 0 aliphatic heterocycles. The quantitative estimate of drug-likeness (QED) is 0.0262. The lowest BCUT2D eigenvalue weighted by molar-refractivity contribution is -0.167. The van der Waals surface area contributed by atoms with Gasteiger partial charge in [0, 0.05) is 19.3 Å². The Labute approximate surface area is 396 Å². The molecule has 6 nitrogen and oxygen atoms in total. The summed E-state index contributed by atoms with van der Waals surface area (Å²) in [6.45, 7) is 6.50. The maximum Gasteiger partial charge on any atom is 0.306 e. The highest BCUT2D eigenvalue weighted by molar-refractivity contribution is 5.71. The lowest BCUT2D eigenvalue weighted by Crippen LogP contribution is -2.30. The van der Waals surface area contributed by atoms with Crippen LogP contribution in [-0.4, -0.2) is 37.2 Å². The first-order valence-electron chi connectivity index (χ1n) is 27.3. The molecule has 0 amide bonds. The van der Waals surface area contributed by atoms with Crippen LogP contribution in [0.25, 0.3) is 0 Å². The van der Waals surface area contributed by atoms with E-state index in [1.165, 1.54) is 135 Å². The van der Waals surface area contributed by atoms with Crippen molar-refractivity contribution in [3.63, 3.8) is 0 Å². The van der Waals surface area contributed by atoms with Crippen molar-refractivity contribution >= 4 is 17.9 Å². The largest absolute Gasteiger partial charge is 0.462 e. The minimum Gasteiger partial charge on any atom is -0.462 e. The first-order chi connectivity index (χ1) is 31.5. The summed E-state index contributed by atoms with van der Waals surface area (Å²) < 4.78 is 16.8. The molecule has 0 saturated heterocycles. The Kier molecular flexibility index (Phi) is 50.4. The zero-order chi connectivity index (χ0) is 46.5. The van der Waals surface area contributed by atoms with Crippen LogP contribution in [0.5, 0.6) is 0 Å². The Bertz CT molecular complexity index is 1170. The fraction of sp³-hybridized carbons (Fsp3) is 0.776. The second-order valence-corrected chi connectivity index (χ2v) is 18.1. The van der Waals surface area contributed by atoms with Crippen molar-refractivity contribution < 1.29 is 28.6 Å². The molecule has 0 fully saturated rings. The summed E-state index contributed by atoms with van der Waals surface area (Å²) in [6.07, 6.45) is 64.8. The number of ether oxygens (including phenoxy) is 3. The number of carbonyl (C=O) groups is 3. The molecule has 0 heterocycles. The Morgan fingerprint density at radius 2 is 0.609 bits per heavy atom. The number of esters is 3. The van der Waals surface area contributed by atoms with Crippen LogP contribution in [0.4, 0.5) is 0 Å². The summed E-state index contributed by atoms with van der Waals surface area (Å²) in [7, 11) is 0. The molecule has 0 spiro atoms. The second kappa shape index (κ2) is 52.7. The van der Waals surface area contributed by atoms with Gasteiger partial charge in [-0.1, -0.05) is 229 Å². The molecule has 0 aliphatic rings. The summed E-state index contributed by atoms with van der Waals surface area (Å²) >= 11 is 0. The summed E-state index contributed by atoms with van der Waals surface area (Å²) in [4.78, 5) is 38.1. The molecule has 0 N–H and O–H groups in total. The van der Waals surface area contributed by atoms with Crippen molar-refractivity contribution in [2.75, 3.05) is 13.2 Å². The van der Waals surface area contributed by atoms with E-state index >= 15 is 0 Å². The number of unbranched alkanes of at least 4 members (excludes halogenated alkanes) is 28. The van der Waals surface area contributed by atoms with Gasteiger partial charge in [0.1, 0.15) is 13.2 Å². The van der Waals surface area contributed by atoms with E-state index in [0.29, 0.717) is 19.3 Å². The standard InChI is InChI=1S/C58H102O6/c1-4-7-10-13-16-19-22-25-27-29-31-33-36-39-42-45-48-51-57(60)63-54-55(53-62-56(59)50-47-44-41-38-35-24-21-18-15-12-9-6-3)64-58(61)52-49-46-43-40-37-34-32-30-28-26-23-20-17-14-11-8-5-2/h7,10,16-17,19-20,25-28,55H,4-6,8-9,11-15,18,21-24,29-54H2,1-3H3/b10-7-,19-16-,20-17-,27-25-,28-26-. The van der Waals surface area contributed by atoms with Crippen molar-refractivity contribution in [1.82, 2.24) is 0 Å². The van der Waals surface area contributed by atoms with Crippen LogP contribution in [-0.2, 0) is 28.6 Å². The number of allylic oxidation sites excluding steroid dienone is 10. The average Bonchev–Trinajstić information content (AvgIpc) is 3.29. The molecule has 0 aliphatic carbocycles. The first kappa shape index (κ1) is 61.1. The van der Waals surface area contributed by atoms with Gasteiger partial charge in [0.05, 0.1) is 0 Å². The van der Waals surface area contributed by atoms with Gasteiger partial charge in [-0.15, -0.1) is 0 Å². The average molecular weight is 895 g/mol. The van der Waals surface area contributed by atoms with Crippen LogP contribution >= 0.6 is 0 Å². The molecular formula is C58H102O6. The highest BCUT2D eigenvalue weighted by Gasteiger charge is 2.19. The molecule has 0 radical (unpaired) electrons. The molecule has 0 aromatic heterocycles. The van der Waals surface area contributed by atoms with E-state index in [9.17, 15) is 14.4 Å². The lowest BCUT2D eigenvalue weighted by atomic mass is 10.0. The van der Waals surface area contributed by atoms with Crippen LogP contribution in [0.2, 0.25) is 0 Å². The van der Waals surface area contributed by atoms with E-state index in [1.807, 2.05) is 0 Å². The third-order valence-corrected chi connectivity index (χ3v) is 11.8. The fourth-order valence-corrected chi connectivity index (χ4v) is 7.66. The predicted molar refractivity (Wildman–Crippen MR) is 275 cm³/mol. The van der Waals surface area contributed by atoms with Gasteiger partial charge in [0.15, 0.2) is 6.10 Å². The minimum atomic E-state index is -0.780. The van der Waals surface area contributed by atoms with Crippen LogP contribution in [0.3, 0.4) is 0 Å². The van der Waals surface area contributed by atoms with Crippen molar-refractivity contribution in [2.24, 2.45) is 0 Å². The molecule has 0 aromatic rings. The molecule has 0 bridgehead atoms. The van der Waals surface area contributed by atoms with Gasteiger partial charge >= 0.3 is 17.9 Å². The molecule has 1 unspecified atom stereocenters. The van der Waals surface area contributed by atoms with Gasteiger partial charge in [-0.3, -0.25) is 14.4 Å². The summed E-state index contributed by atoms with van der Waals surface area (Å²) in [5.74, 6) is -0.889. The number of rotatable bonds is 49. The van der Waals surface area contributed by atoms with Gasteiger partial charge in [-0.2, -0.15) is 0 Å². The van der Waals surface area contributed by atoms with Crippen LogP contribution < -0.4 is 0 Å². The van der Waals surface area contributed by atoms with Crippen molar-refractivity contribution in [2.45, 2.75) is 277 Å². The zero-order valence-electron chi connectivity index (χ0n) is 42.3. The summed E-state index contributed by atoms with van der Waals surface area (Å²) in [6, 6.07) is 0. The van der Waals surface area contributed by atoms with Crippen LogP contribution in [0.1, 0.15) is 271 Å². The van der Waals surface area contributed by atoms with Gasteiger partial charge in [0.2, 0.25) is 0 Å². The van der Waals surface area contributed by atoms with Crippen molar-refractivity contribution in [1.29, 1.82) is 0 Å². The highest BCUT2D eigenvalue weighted by Crippen LogP contribution is 2.15. The molecular weight excluding hydrogens is 793 g/mol. The SMILES string of the molecule is CC/C=C\C/C=C\C/C=C\CCCCCCCCCC(=O)OCC(COC(=O)CCCCCCCCCCCCCC)OC(=O)CCCCCCCCC/C=C\C/C=C\CCCCC. The summed E-state index contributed by atoms with van der Waals surface area (Å²) in [5.41, 5.74) is 0. The predicted octanol–water partition coefficient (Wildman–Crippen LogP) is 18.0. The van der Waals surface area contributed by atoms with Crippen LogP contribution in [0.15, 0.2) is 60.8 Å². The van der Waals surface area contributed by atoms with E-state index in [-0.39, 0.29) is 31.1 Å². The van der Waals surface area contributed by atoms with Gasteiger partial charge < -0.3 is 14.2 Å². The molecule has 0 aromatic carbocycles. The third kappa shape index (κ3) is 50.1. The smallest absolute Gasteiger partial charge is 0.306 e. The van der Waals surface area contributed by atoms with E-state index in [4.69, 9.17) is 14.2 Å². The maximum absolute atomic E-state index is 12.8. The minimum absolute atomic E-state index is 0.0785. The second-order valence-electron chi connectivity index (χ2n) is 18.1. The van der Waals surface area contributed by atoms with Gasteiger partial charge in [-0.05, 0) is 83.5 Å². The van der Waals surface area contributed by atoms with Crippen molar-refractivity contribution in [3.05, 3.63) is 60.8 Å². The maximum atomic E-state index is 12.8. The monoisotopic (exact) mass is 895 g/mol. The van der Waals surface area contributed by atoms with E-state index in [0.717, 1.165) is 96.3 Å². The molecule has 0 rings (SSSR count). The molecule has 6 heteroatoms. The number of hydrogen-bond acceptors (Lipinski definition) is 6. The highest BCUT2D eigenvalue weighted by atomic mass is 16.6. The lowest BCUT2D eigenvalue weighted by Gasteiger charge is -2.18. The van der Waals surface area contributed by atoms with E-state index in [1.54, 1.807) is 0 Å². The Morgan fingerprint density at radius 1 is 0.328 bits per heavy atom. The molecule has 370 valence electrons. The van der Waals surface area contributed by atoms with E-state index in [2.05, 4.69) is 81.5 Å². The van der Waals surface area contributed by atoms with Crippen LogP contribution in [0, 0.1) is 0 Å². The molecule has 64 heavy (non-hydrogen) atoms. The Hall–Kier alpha value is -2.89. The summed E-state index contributed by atoms with van der Waals surface area (Å²) in [5, 5.41) is 0.